The number of carbonyl (C=O) groups excluding carboxylic acids is 1. The Bertz CT molecular complexity index is 1240. The van der Waals surface area contributed by atoms with E-state index in [1.165, 1.54) is 29.2 Å². The first-order valence-corrected chi connectivity index (χ1v) is 12.7. The zero-order valence-electron chi connectivity index (χ0n) is 16.8. The summed E-state index contributed by atoms with van der Waals surface area (Å²) in [7, 11) is -3.72. The van der Waals surface area contributed by atoms with E-state index in [1.54, 1.807) is 0 Å². The van der Waals surface area contributed by atoms with E-state index >= 15 is 0 Å². The summed E-state index contributed by atoms with van der Waals surface area (Å²) < 4.78 is 58.9. The van der Waals surface area contributed by atoms with Crippen molar-refractivity contribution in [2.75, 3.05) is 23.8 Å². The standard InChI is InChI=1S/C21H19ClF2N2O4S2/c22-13-3-5-16(6-4-13)32(28,29)9-7-19(27)26(12-15-2-1-8-30-15)21-25-20-17(24)10-14(23)11-18(20)31-21/h3-6,10-11,15H,1-2,7-9,12H2. The number of rotatable bonds is 7. The number of benzene rings is 2. The van der Waals surface area contributed by atoms with Crippen molar-refractivity contribution in [3.63, 3.8) is 0 Å². The van der Waals surface area contributed by atoms with Crippen molar-refractivity contribution < 1.29 is 26.7 Å². The van der Waals surface area contributed by atoms with Gasteiger partial charge in [-0.2, -0.15) is 0 Å². The van der Waals surface area contributed by atoms with Crippen LogP contribution in [0.3, 0.4) is 0 Å². The number of ether oxygens (including phenoxy) is 1. The van der Waals surface area contributed by atoms with Crippen molar-refractivity contribution in [2.45, 2.75) is 30.3 Å². The van der Waals surface area contributed by atoms with Gasteiger partial charge in [0.2, 0.25) is 5.91 Å². The van der Waals surface area contributed by atoms with Gasteiger partial charge in [-0.1, -0.05) is 22.9 Å². The molecule has 0 saturated carbocycles. The molecular formula is C21H19ClF2N2O4S2. The fourth-order valence-electron chi connectivity index (χ4n) is 3.46. The summed E-state index contributed by atoms with van der Waals surface area (Å²) in [5.74, 6) is -2.46. The summed E-state index contributed by atoms with van der Waals surface area (Å²) in [6, 6.07) is 7.59. The Hall–Kier alpha value is -2.14. The molecule has 11 heteroatoms. The fraction of sp³-hybridized carbons (Fsp3) is 0.333. The summed E-state index contributed by atoms with van der Waals surface area (Å²) in [5, 5.41) is 0.580. The second-order valence-electron chi connectivity index (χ2n) is 7.39. The molecule has 1 aliphatic heterocycles. The van der Waals surface area contributed by atoms with E-state index in [0.717, 1.165) is 36.3 Å². The zero-order chi connectivity index (χ0) is 22.9. The molecule has 32 heavy (non-hydrogen) atoms. The van der Waals surface area contributed by atoms with Crippen LogP contribution in [0, 0.1) is 11.6 Å². The van der Waals surface area contributed by atoms with Gasteiger partial charge in [0.15, 0.2) is 20.8 Å². The van der Waals surface area contributed by atoms with Crippen LogP contribution >= 0.6 is 22.9 Å². The predicted molar refractivity (Wildman–Crippen MR) is 119 cm³/mol. The molecule has 2 heterocycles. The fourth-order valence-corrected chi connectivity index (χ4v) is 5.84. The lowest BCUT2D eigenvalue weighted by molar-refractivity contribution is -0.118. The molecule has 170 valence electrons. The largest absolute Gasteiger partial charge is 0.376 e. The molecule has 0 bridgehead atoms. The van der Waals surface area contributed by atoms with Gasteiger partial charge in [0, 0.05) is 24.1 Å². The van der Waals surface area contributed by atoms with E-state index in [9.17, 15) is 22.0 Å². The lowest BCUT2D eigenvalue weighted by atomic mass is 10.2. The topological polar surface area (TPSA) is 76.6 Å². The SMILES string of the molecule is O=C(CCS(=O)(=O)c1ccc(Cl)cc1)N(CC1CCCO1)c1nc2c(F)cc(F)cc2s1. The van der Waals surface area contributed by atoms with Crippen LogP contribution in [-0.2, 0) is 19.4 Å². The molecule has 0 N–H and O–H groups in total. The minimum absolute atomic E-state index is 0.0367. The van der Waals surface area contributed by atoms with Crippen LogP contribution in [0.15, 0.2) is 41.3 Å². The molecule has 6 nitrogen and oxygen atoms in total. The average Bonchev–Trinajstić information content (AvgIpc) is 3.40. The highest BCUT2D eigenvalue weighted by Crippen LogP contribution is 2.32. The Morgan fingerprint density at radius 1 is 1.25 bits per heavy atom. The normalized spacial score (nSPS) is 16.5. The molecule has 2 aromatic carbocycles. The van der Waals surface area contributed by atoms with Gasteiger partial charge in [0.1, 0.15) is 11.3 Å². The van der Waals surface area contributed by atoms with Crippen molar-refractivity contribution in [3.05, 3.63) is 53.1 Å². The third kappa shape index (κ3) is 5.09. The Labute approximate surface area is 192 Å². The number of hydrogen-bond donors (Lipinski definition) is 0. The second-order valence-corrected chi connectivity index (χ2v) is 10.9. The lowest BCUT2D eigenvalue weighted by Crippen LogP contribution is -2.38. The van der Waals surface area contributed by atoms with Crippen LogP contribution in [0.1, 0.15) is 19.3 Å². The van der Waals surface area contributed by atoms with Gasteiger partial charge in [0.05, 0.1) is 28.0 Å². The number of thiazole rings is 1. The number of halogens is 3. The maximum Gasteiger partial charge on any atom is 0.229 e. The molecule has 0 aliphatic carbocycles. The van der Waals surface area contributed by atoms with E-state index in [-0.39, 0.29) is 39.3 Å². The van der Waals surface area contributed by atoms with Crippen LogP contribution in [0.4, 0.5) is 13.9 Å². The van der Waals surface area contributed by atoms with Gasteiger partial charge in [0.25, 0.3) is 0 Å². The van der Waals surface area contributed by atoms with Crippen LogP contribution in [-0.4, -0.2) is 44.3 Å². The monoisotopic (exact) mass is 500 g/mol. The summed E-state index contributed by atoms with van der Waals surface area (Å²) in [5.41, 5.74) is -0.0367. The predicted octanol–water partition coefficient (Wildman–Crippen LogP) is 4.60. The number of amides is 1. The highest BCUT2D eigenvalue weighted by atomic mass is 35.5. The van der Waals surface area contributed by atoms with Crippen molar-refractivity contribution in [3.8, 4) is 0 Å². The molecule has 1 unspecified atom stereocenters. The highest BCUT2D eigenvalue weighted by Gasteiger charge is 2.28. The van der Waals surface area contributed by atoms with Gasteiger partial charge in [-0.05, 0) is 43.2 Å². The maximum atomic E-state index is 14.1. The Balaban J connectivity index is 1.58. The minimum atomic E-state index is -3.72. The summed E-state index contributed by atoms with van der Waals surface area (Å²) in [6.07, 6.45) is 1.04. The molecule has 0 radical (unpaired) electrons. The molecule has 1 atom stereocenters. The smallest absolute Gasteiger partial charge is 0.229 e. The average molecular weight is 501 g/mol. The quantitative estimate of drug-likeness (QED) is 0.473. The molecule has 3 aromatic rings. The van der Waals surface area contributed by atoms with Gasteiger partial charge in [-0.15, -0.1) is 0 Å². The Morgan fingerprint density at radius 2 is 2.00 bits per heavy atom. The zero-order valence-corrected chi connectivity index (χ0v) is 19.2. The van der Waals surface area contributed by atoms with E-state index in [1.807, 2.05) is 0 Å². The maximum absolute atomic E-state index is 14.1. The third-order valence-corrected chi connectivity index (χ3v) is 8.11. The van der Waals surface area contributed by atoms with Crippen molar-refractivity contribution >= 4 is 54.0 Å². The number of nitrogens with zero attached hydrogens (tertiary/aromatic N) is 2. The van der Waals surface area contributed by atoms with Gasteiger partial charge in [-0.25, -0.2) is 22.2 Å². The lowest BCUT2D eigenvalue weighted by Gasteiger charge is -2.23. The van der Waals surface area contributed by atoms with E-state index in [4.69, 9.17) is 16.3 Å². The van der Waals surface area contributed by atoms with Gasteiger partial charge < -0.3 is 4.74 Å². The van der Waals surface area contributed by atoms with Crippen molar-refractivity contribution in [1.29, 1.82) is 0 Å². The van der Waals surface area contributed by atoms with Crippen LogP contribution in [0.25, 0.3) is 10.2 Å². The molecule has 1 aliphatic rings. The van der Waals surface area contributed by atoms with Gasteiger partial charge >= 0.3 is 0 Å². The molecular weight excluding hydrogens is 482 g/mol. The number of anilines is 1. The minimum Gasteiger partial charge on any atom is -0.376 e. The van der Waals surface area contributed by atoms with Crippen LogP contribution in [0.2, 0.25) is 5.02 Å². The Kier molecular flexibility index (Phi) is 6.75. The number of sulfone groups is 1. The molecule has 4 rings (SSSR count). The van der Waals surface area contributed by atoms with Crippen molar-refractivity contribution in [1.82, 2.24) is 4.98 Å². The second kappa shape index (κ2) is 9.38. The first-order valence-electron chi connectivity index (χ1n) is 9.89. The van der Waals surface area contributed by atoms with Crippen LogP contribution < -0.4 is 4.90 Å². The third-order valence-electron chi connectivity index (χ3n) is 5.10. The number of carbonyl (C=O) groups is 1. The molecule has 1 saturated heterocycles. The Morgan fingerprint density at radius 3 is 2.69 bits per heavy atom. The van der Waals surface area contributed by atoms with Gasteiger partial charge in [-0.3, -0.25) is 9.69 Å². The van der Waals surface area contributed by atoms with E-state index < -0.39 is 33.1 Å². The summed E-state index contributed by atoms with van der Waals surface area (Å²) in [4.78, 5) is 18.6. The van der Waals surface area contributed by atoms with E-state index in [0.29, 0.717) is 11.6 Å². The van der Waals surface area contributed by atoms with Crippen molar-refractivity contribution in [2.24, 2.45) is 0 Å². The molecule has 1 aromatic heterocycles. The van der Waals surface area contributed by atoms with E-state index in [2.05, 4.69) is 4.98 Å². The first kappa shape index (κ1) is 23.0. The highest BCUT2D eigenvalue weighted by molar-refractivity contribution is 7.91. The molecule has 1 amide bonds. The summed E-state index contributed by atoms with van der Waals surface area (Å²) in [6.45, 7) is 0.723. The molecule has 0 spiro atoms. The summed E-state index contributed by atoms with van der Waals surface area (Å²) >= 11 is 6.78. The molecule has 1 fully saturated rings. The van der Waals surface area contributed by atoms with Crippen LogP contribution in [0.5, 0.6) is 0 Å². The first-order chi connectivity index (χ1) is 15.2. The number of hydrogen-bond acceptors (Lipinski definition) is 6. The number of fused-ring (bicyclic) bond motifs is 1. The number of aromatic nitrogens is 1.